The van der Waals surface area contributed by atoms with Crippen LogP contribution in [0.5, 0.6) is 0 Å². The van der Waals surface area contributed by atoms with Gasteiger partial charge in [-0.1, -0.05) is 12.1 Å². The maximum atomic E-state index is 13.7. The molecule has 2 aromatic rings. The van der Waals surface area contributed by atoms with Crippen molar-refractivity contribution < 1.29 is 8.78 Å². The van der Waals surface area contributed by atoms with Crippen molar-refractivity contribution in [1.29, 1.82) is 5.26 Å². The number of para-hydroxylation sites is 1. The lowest BCUT2D eigenvalue weighted by molar-refractivity contribution is 0.559. The van der Waals surface area contributed by atoms with Crippen LogP contribution in [-0.4, -0.2) is 0 Å². The van der Waals surface area contributed by atoms with E-state index in [-0.39, 0.29) is 17.7 Å². The quantitative estimate of drug-likeness (QED) is 0.918. The number of hydrogen-bond donors (Lipinski definition) is 1. The number of anilines is 1. The van der Waals surface area contributed by atoms with Crippen LogP contribution >= 0.6 is 15.9 Å². The molecule has 2 aromatic carbocycles. The van der Waals surface area contributed by atoms with Gasteiger partial charge in [-0.25, -0.2) is 8.78 Å². The van der Waals surface area contributed by atoms with Gasteiger partial charge in [0.25, 0.3) is 0 Å². The molecule has 0 bridgehead atoms. The second-order valence-corrected chi connectivity index (χ2v) is 4.72. The monoisotopic (exact) mass is 322 g/mol. The van der Waals surface area contributed by atoms with Crippen LogP contribution in [0.15, 0.2) is 40.9 Å². The summed E-state index contributed by atoms with van der Waals surface area (Å²) in [6, 6.07) is 11.1. The molecule has 0 aliphatic carbocycles. The lowest BCUT2D eigenvalue weighted by Crippen LogP contribution is -2.05. The first kappa shape index (κ1) is 13.5. The van der Waals surface area contributed by atoms with E-state index >= 15 is 0 Å². The highest BCUT2D eigenvalue weighted by Gasteiger charge is 2.11. The Morgan fingerprint density at radius 3 is 2.37 bits per heavy atom. The predicted octanol–water partition coefficient (Wildman–Crippen LogP) is 4.21. The third-order valence-electron chi connectivity index (χ3n) is 2.60. The highest BCUT2D eigenvalue weighted by Crippen LogP contribution is 2.23. The van der Waals surface area contributed by atoms with Crippen molar-refractivity contribution in [3.8, 4) is 6.07 Å². The Labute approximate surface area is 117 Å². The summed E-state index contributed by atoms with van der Waals surface area (Å²) in [5.74, 6) is -1.45. The lowest BCUT2D eigenvalue weighted by Gasteiger charge is -2.10. The molecule has 0 heterocycles. The van der Waals surface area contributed by atoms with Gasteiger partial charge in [0.2, 0.25) is 0 Å². The zero-order valence-corrected chi connectivity index (χ0v) is 11.3. The summed E-state index contributed by atoms with van der Waals surface area (Å²) >= 11 is 3.34. The number of halogens is 3. The van der Waals surface area contributed by atoms with Gasteiger partial charge in [0.05, 0.1) is 11.6 Å². The van der Waals surface area contributed by atoms with Gasteiger partial charge in [-0.3, -0.25) is 0 Å². The first-order chi connectivity index (χ1) is 9.11. The van der Waals surface area contributed by atoms with Crippen LogP contribution in [0.2, 0.25) is 0 Å². The summed E-state index contributed by atoms with van der Waals surface area (Å²) in [7, 11) is 0. The molecule has 0 spiro atoms. The normalized spacial score (nSPS) is 10.0. The molecule has 0 atom stereocenters. The molecule has 0 amide bonds. The van der Waals surface area contributed by atoms with Crippen LogP contribution in [0.3, 0.4) is 0 Å². The fraction of sp³-hybridized carbons (Fsp3) is 0.0714. The Bertz CT molecular complexity index is 627. The summed E-state index contributed by atoms with van der Waals surface area (Å²) in [6.07, 6.45) is 0. The largest absolute Gasteiger partial charge is 0.380 e. The van der Waals surface area contributed by atoms with Gasteiger partial charge in [0.1, 0.15) is 11.6 Å². The van der Waals surface area contributed by atoms with Crippen LogP contribution in [0, 0.1) is 23.0 Å². The van der Waals surface area contributed by atoms with Gasteiger partial charge in [-0.15, -0.1) is 0 Å². The Morgan fingerprint density at radius 2 is 1.79 bits per heavy atom. The van der Waals surface area contributed by atoms with Gasteiger partial charge in [0.15, 0.2) is 0 Å². The van der Waals surface area contributed by atoms with Gasteiger partial charge in [-0.05, 0) is 40.2 Å². The fourth-order valence-electron chi connectivity index (χ4n) is 1.62. The molecule has 19 heavy (non-hydrogen) atoms. The van der Waals surface area contributed by atoms with E-state index in [1.54, 1.807) is 12.1 Å². The van der Waals surface area contributed by atoms with E-state index in [2.05, 4.69) is 21.2 Å². The molecule has 2 rings (SSSR count). The van der Waals surface area contributed by atoms with E-state index < -0.39 is 11.6 Å². The average Bonchev–Trinajstić information content (AvgIpc) is 2.39. The number of benzene rings is 2. The third kappa shape index (κ3) is 3.09. The first-order valence-electron chi connectivity index (χ1n) is 5.48. The summed E-state index contributed by atoms with van der Waals surface area (Å²) in [5.41, 5.74) is 0.625. The van der Waals surface area contributed by atoms with Crippen molar-refractivity contribution in [1.82, 2.24) is 0 Å². The highest BCUT2D eigenvalue weighted by atomic mass is 79.9. The summed E-state index contributed by atoms with van der Waals surface area (Å²) in [4.78, 5) is 0. The van der Waals surface area contributed by atoms with Gasteiger partial charge in [0, 0.05) is 22.3 Å². The topological polar surface area (TPSA) is 35.8 Å². The number of nitriles is 1. The number of nitrogens with one attached hydrogen (secondary N) is 1. The lowest BCUT2D eigenvalue weighted by atomic mass is 10.1. The molecule has 0 saturated carbocycles. The van der Waals surface area contributed by atoms with Crippen molar-refractivity contribution in [3.63, 3.8) is 0 Å². The smallest absolute Gasteiger partial charge is 0.132 e. The number of nitrogens with zero attached hydrogens (tertiary/aromatic N) is 1. The Balaban J connectivity index is 2.21. The zero-order chi connectivity index (χ0) is 13.8. The molecular weight excluding hydrogens is 314 g/mol. The maximum Gasteiger partial charge on any atom is 0.132 e. The van der Waals surface area contributed by atoms with E-state index in [4.69, 9.17) is 5.26 Å². The molecule has 5 heteroatoms. The van der Waals surface area contributed by atoms with Crippen LogP contribution in [-0.2, 0) is 6.54 Å². The minimum absolute atomic E-state index is 0.00594. The van der Waals surface area contributed by atoms with Crippen molar-refractivity contribution in [3.05, 3.63) is 63.6 Å². The van der Waals surface area contributed by atoms with E-state index in [1.807, 2.05) is 18.2 Å². The average molecular weight is 323 g/mol. The number of rotatable bonds is 3. The SMILES string of the molecule is N#Cc1cc(F)c(CNc2ccccc2Br)c(F)c1. The molecule has 0 aromatic heterocycles. The Kier molecular flexibility index (Phi) is 4.13. The molecule has 0 aliphatic rings. The standard InChI is InChI=1S/C14H9BrF2N2/c15-11-3-1-2-4-14(11)19-8-10-12(16)5-9(7-18)6-13(10)17/h1-6,19H,8H2. The zero-order valence-electron chi connectivity index (χ0n) is 9.75. The van der Waals surface area contributed by atoms with Crippen LogP contribution < -0.4 is 5.32 Å². The van der Waals surface area contributed by atoms with Crippen molar-refractivity contribution in [2.45, 2.75) is 6.54 Å². The third-order valence-corrected chi connectivity index (χ3v) is 3.29. The second kappa shape index (κ2) is 5.81. The van der Waals surface area contributed by atoms with Crippen molar-refractivity contribution >= 4 is 21.6 Å². The predicted molar refractivity (Wildman–Crippen MR) is 72.5 cm³/mol. The van der Waals surface area contributed by atoms with E-state index in [0.29, 0.717) is 0 Å². The summed E-state index contributed by atoms with van der Waals surface area (Å²) < 4.78 is 28.1. The molecule has 1 N–H and O–H groups in total. The molecule has 0 fully saturated rings. The number of hydrogen-bond acceptors (Lipinski definition) is 2. The van der Waals surface area contributed by atoms with E-state index in [1.165, 1.54) is 0 Å². The summed E-state index contributed by atoms with van der Waals surface area (Å²) in [5, 5.41) is 11.6. The second-order valence-electron chi connectivity index (χ2n) is 3.86. The van der Waals surface area contributed by atoms with E-state index in [9.17, 15) is 8.78 Å². The minimum Gasteiger partial charge on any atom is -0.380 e. The van der Waals surface area contributed by atoms with Gasteiger partial charge in [-0.2, -0.15) is 5.26 Å². The van der Waals surface area contributed by atoms with Gasteiger partial charge >= 0.3 is 0 Å². The van der Waals surface area contributed by atoms with Crippen LogP contribution in [0.1, 0.15) is 11.1 Å². The minimum atomic E-state index is -0.726. The molecule has 0 aliphatic heterocycles. The van der Waals surface area contributed by atoms with Crippen LogP contribution in [0.4, 0.5) is 14.5 Å². The molecule has 0 unspecified atom stereocenters. The fourth-order valence-corrected chi connectivity index (χ4v) is 2.05. The maximum absolute atomic E-state index is 13.7. The Morgan fingerprint density at radius 1 is 1.16 bits per heavy atom. The highest BCUT2D eigenvalue weighted by molar-refractivity contribution is 9.10. The summed E-state index contributed by atoms with van der Waals surface area (Å²) in [6.45, 7) is 0.00594. The Hall–Kier alpha value is -1.93. The first-order valence-corrected chi connectivity index (χ1v) is 6.27. The molecule has 0 saturated heterocycles. The molecule has 96 valence electrons. The van der Waals surface area contributed by atoms with Gasteiger partial charge < -0.3 is 5.32 Å². The van der Waals surface area contributed by atoms with Crippen molar-refractivity contribution in [2.24, 2.45) is 0 Å². The molecule has 2 nitrogen and oxygen atoms in total. The van der Waals surface area contributed by atoms with Crippen molar-refractivity contribution in [2.75, 3.05) is 5.32 Å². The molecule has 0 radical (unpaired) electrons. The van der Waals surface area contributed by atoms with E-state index in [0.717, 1.165) is 22.3 Å². The molecular formula is C14H9BrF2N2. The van der Waals surface area contributed by atoms with Crippen LogP contribution in [0.25, 0.3) is 0 Å².